The first-order chi connectivity index (χ1) is 18.0. The molecular weight excluding hydrogens is 545 g/mol. The van der Waals surface area contributed by atoms with Crippen molar-refractivity contribution in [1.29, 1.82) is 0 Å². The van der Waals surface area contributed by atoms with Crippen LogP contribution in [-0.2, 0) is 32.6 Å². The van der Waals surface area contributed by atoms with Crippen molar-refractivity contribution in [1.82, 2.24) is 10.2 Å². The molecule has 1 N–H and O–H groups in total. The number of anilines is 1. The number of halogens is 2. The van der Waals surface area contributed by atoms with Gasteiger partial charge in [0.2, 0.25) is 21.8 Å². The van der Waals surface area contributed by atoms with Crippen LogP contribution < -0.4 is 9.62 Å². The van der Waals surface area contributed by atoms with Crippen LogP contribution in [0.2, 0.25) is 10.0 Å². The number of hydrogen-bond acceptors (Lipinski definition) is 4. The number of carbonyl (C=O) groups is 2. The fourth-order valence-electron chi connectivity index (χ4n) is 4.09. The summed E-state index contributed by atoms with van der Waals surface area (Å²) >= 11 is 12.3. The lowest BCUT2D eigenvalue weighted by Gasteiger charge is -2.33. The number of nitrogens with zero attached hydrogens (tertiary/aromatic N) is 2. The zero-order valence-corrected chi connectivity index (χ0v) is 23.9. The zero-order chi connectivity index (χ0) is 27.9. The normalized spacial score (nSPS) is 12.0. The minimum atomic E-state index is -3.87. The Morgan fingerprint density at radius 3 is 2.18 bits per heavy atom. The number of hydrogen-bond donors (Lipinski definition) is 1. The molecule has 0 fully saturated rings. The summed E-state index contributed by atoms with van der Waals surface area (Å²) in [5, 5.41) is 3.74. The Labute approximate surface area is 234 Å². The summed E-state index contributed by atoms with van der Waals surface area (Å²) in [5.74, 6) is -0.861. The summed E-state index contributed by atoms with van der Waals surface area (Å²) in [6.45, 7) is 3.45. The summed E-state index contributed by atoms with van der Waals surface area (Å²) in [4.78, 5) is 28.7. The minimum absolute atomic E-state index is 0.0801. The number of benzene rings is 3. The number of carbonyl (C=O) groups excluding carboxylic acids is 2. The van der Waals surface area contributed by atoms with Crippen LogP contribution in [0.15, 0.2) is 72.8 Å². The molecule has 0 bridgehead atoms. The van der Waals surface area contributed by atoms with Crippen molar-refractivity contribution in [3.63, 3.8) is 0 Å². The molecule has 10 heteroatoms. The van der Waals surface area contributed by atoms with Gasteiger partial charge < -0.3 is 10.2 Å². The topological polar surface area (TPSA) is 86.8 Å². The highest BCUT2D eigenvalue weighted by Crippen LogP contribution is 2.28. The predicted molar refractivity (Wildman–Crippen MR) is 153 cm³/mol. The van der Waals surface area contributed by atoms with Gasteiger partial charge in [-0.15, -0.1) is 0 Å². The molecule has 0 aromatic heterocycles. The van der Waals surface area contributed by atoms with E-state index in [1.807, 2.05) is 30.3 Å². The molecule has 1 atom stereocenters. The van der Waals surface area contributed by atoms with Crippen LogP contribution in [0.25, 0.3) is 0 Å². The Bertz CT molecular complexity index is 1370. The second kappa shape index (κ2) is 13.1. The first-order valence-corrected chi connectivity index (χ1v) is 14.7. The summed E-state index contributed by atoms with van der Waals surface area (Å²) in [6.07, 6.45) is 1.29. The van der Waals surface area contributed by atoms with E-state index < -0.39 is 28.5 Å². The molecule has 38 heavy (non-hydrogen) atoms. The zero-order valence-electron chi connectivity index (χ0n) is 21.5. The highest BCUT2D eigenvalue weighted by atomic mass is 35.5. The first kappa shape index (κ1) is 29.5. The lowest BCUT2D eigenvalue weighted by molar-refractivity contribution is -0.140. The predicted octanol–water partition coefficient (Wildman–Crippen LogP) is 4.84. The standard InChI is InChI=1S/C28H31Cl2N3O4S/c1-4-31-28(35)26(17-21-9-6-5-7-10-21)32(18-22-13-15-23(29)16-14-22)27(34)19-33(38(3,36)37)25-12-8-11-24(30)20(25)2/h5-16,26H,4,17-19H2,1-3H3,(H,31,35). The van der Waals surface area contributed by atoms with Crippen LogP contribution in [0, 0.1) is 6.92 Å². The molecule has 0 aliphatic carbocycles. The molecule has 202 valence electrons. The molecule has 3 rings (SSSR count). The number of rotatable bonds is 11. The Morgan fingerprint density at radius 2 is 1.58 bits per heavy atom. The summed E-state index contributed by atoms with van der Waals surface area (Å²) in [7, 11) is -3.87. The molecular formula is C28H31Cl2N3O4S. The number of sulfonamides is 1. The van der Waals surface area contributed by atoms with E-state index in [0.29, 0.717) is 27.8 Å². The SMILES string of the molecule is CCNC(=O)C(Cc1ccccc1)N(Cc1ccc(Cl)cc1)C(=O)CN(c1cccc(Cl)c1C)S(C)(=O)=O. The number of nitrogens with one attached hydrogen (secondary N) is 1. The van der Waals surface area contributed by atoms with Gasteiger partial charge in [0.1, 0.15) is 12.6 Å². The molecule has 1 unspecified atom stereocenters. The van der Waals surface area contributed by atoms with Gasteiger partial charge in [-0.3, -0.25) is 13.9 Å². The number of likely N-dealkylation sites (N-methyl/N-ethyl adjacent to an activating group) is 1. The molecule has 3 aromatic carbocycles. The minimum Gasteiger partial charge on any atom is -0.355 e. The maximum absolute atomic E-state index is 14.0. The first-order valence-electron chi connectivity index (χ1n) is 12.1. The Hall–Kier alpha value is -3.07. The summed E-state index contributed by atoms with van der Waals surface area (Å²) in [6, 6.07) is 20.3. The van der Waals surface area contributed by atoms with Crippen molar-refractivity contribution in [2.45, 2.75) is 32.9 Å². The highest BCUT2D eigenvalue weighted by molar-refractivity contribution is 7.92. The average Bonchev–Trinajstić information content (AvgIpc) is 2.87. The van der Waals surface area contributed by atoms with Crippen LogP contribution in [0.4, 0.5) is 5.69 Å². The van der Waals surface area contributed by atoms with Gasteiger partial charge in [0.25, 0.3) is 0 Å². The smallest absolute Gasteiger partial charge is 0.244 e. The second-order valence-electron chi connectivity index (χ2n) is 8.90. The molecule has 0 spiro atoms. The van der Waals surface area contributed by atoms with Crippen molar-refractivity contribution in [3.05, 3.63) is 99.5 Å². The van der Waals surface area contributed by atoms with Gasteiger partial charge in [-0.1, -0.05) is 71.7 Å². The molecule has 0 aliphatic rings. The second-order valence-corrected chi connectivity index (χ2v) is 11.7. The van der Waals surface area contributed by atoms with E-state index in [4.69, 9.17) is 23.2 Å². The average molecular weight is 577 g/mol. The van der Waals surface area contributed by atoms with Crippen molar-refractivity contribution >= 4 is 50.7 Å². The van der Waals surface area contributed by atoms with Crippen LogP contribution in [-0.4, -0.2) is 50.5 Å². The number of amides is 2. The molecule has 0 aliphatic heterocycles. The summed E-state index contributed by atoms with van der Waals surface area (Å²) < 4.78 is 26.8. The molecule has 0 heterocycles. The van der Waals surface area contributed by atoms with Crippen LogP contribution >= 0.6 is 23.2 Å². The lowest BCUT2D eigenvalue weighted by atomic mass is 10.0. The maximum atomic E-state index is 14.0. The third kappa shape index (κ3) is 7.72. The molecule has 3 aromatic rings. The van der Waals surface area contributed by atoms with Gasteiger partial charge in [0.15, 0.2) is 0 Å². The lowest BCUT2D eigenvalue weighted by Crippen LogP contribution is -2.53. The van der Waals surface area contributed by atoms with E-state index in [1.165, 1.54) is 4.90 Å². The van der Waals surface area contributed by atoms with Gasteiger partial charge in [-0.05, 0) is 54.8 Å². The van der Waals surface area contributed by atoms with Crippen molar-refractivity contribution in [2.75, 3.05) is 23.7 Å². The third-order valence-electron chi connectivity index (χ3n) is 6.08. The van der Waals surface area contributed by atoms with Crippen molar-refractivity contribution in [2.24, 2.45) is 0 Å². The highest BCUT2D eigenvalue weighted by Gasteiger charge is 2.33. The van der Waals surface area contributed by atoms with Gasteiger partial charge in [-0.2, -0.15) is 0 Å². The molecule has 0 radical (unpaired) electrons. The molecule has 0 saturated carbocycles. The maximum Gasteiger partial charge on any atom is 0.244 e. The Morgan fingerprint density at radius 1 is 0.921 bits per heavy atom. The molecule has 7 nitrogen and oxygen atoms in total. The monoisotopic (exact) mass is 575 g/mol. The van der Waals surface area contributed by atoms with Crippen LogP contribution in [0.5, 0.6) is 0 Å². The van der Waals surface area contributed by atoms with Crippen LogP contribution in [0.1, 0.15) is 23.6 Å². The van der Waals surface area contributed by atoms with Crippen LogP contribution in [0.3, 0.4) is 0 Å². The van der Waals surface area contributed by atoms with E-state index >= 15 is 0 Å². The van der Waals surface area contributed by atoms with E-state index in [1.54, 1.807) is 56.3 Å². The van der Waals surface area contributed by atoms with Crippen molar-refractivity contribution in [3.8, 4) is 0 Å². The van der Waals surface area contributed by atoms with Gasteiger partial charge in [0.05, 0.1) is 11.9 Å². The Balaban J connectivity index is 2.06. The third-order valence-corrected chi connectivity index (χ3v) is 7.86. The quantitative estimate of drug-likeness (QED) is 0.354. The van der Waals surface area contributed by atoms with E-state index in [0.717, 1.165) is 21.7 Å². The Kier molecular flexibility index (Phi) is 10.2. The fraction of sp³-hybridized carbons (Fsp3) is 0.286. The van der Waals surface area contributed by atoms with E-state index in [-0.39, 0.29) is 18.9 Å². The van der Waals surface area contributed by atoms with Crippen molar-refractivity contribution < 1.29 is 18.0 Å². The van der Waals surface area contributed by atoms with Gasteiger partial charge in [0, 0.05) is 29.6 Å². The summed E-state index contributed by atoms with van der Waals surface area (Å²) in [5.41, 5.74) is 2.44. The molecule has 2 amide bonds. The fourth-order valence-corrected chi connectivity index (χ4v) is 5.29. The van der Waals surface area contributed by atoms with Gasteiger partial charge in [-0.25, -0.2) is 8.42 Å². The molecule has 0 saturated heterocycles. The van der Waals surface area contributed by atoms with E-state index in [2.05, 4.69) is 5.32 Å². The van der Waals surface area contributed by atoms with E-state index in [9.17, 15) is 18.0 Å². The largest absolute Gasteiger partial charge is 0.355 e. The van der Waals surface area contributed by atoms with Gasteiger partial charge >= 0.3 is 0 Å².